The molecule has 1 aromatic carbocycles. The first-order valence-corrected chi connectivity index (χ1v) is 6.95. The Morgan fingerprint density at radius 3 is 2.53 bits per heavy atom. The number of nitrogens with one attached hydrogen (secondary N) is 1. The zero-order valence-electron chi connectivity index (χ0n) is 11.3. The van der Waals surface area contributed by atoms with Gasteiger partial charge in [0.15, 0.2) is 0 Å². The molecule has 0 amide bonds. The van der Waals surface area contributed by atoms with Crippen molar-refractivity contribution in [1.29, 1.82) is 0 Å². The minimum absolute atomic E-state index is 0.0976. The second-order valence-corrected chi connectivity index (χ2v) is 5.24. The second-order valence-electron chi connectivity index (χ2n) is 5.24. The van der Waals surface area contributed by atoms with Crippen LogP contribution in [0.3, 0.4) is 0 Å². The van der Waals surface area contributed by atoms with Crippen LogP contribution in [-0.4, -0.2) is 39.0 Å². The molecule has 0 bridgehead atoms. The first-order valence-electron chi connectivity index (χ1n) is 6.95. The van der Waals surface area contributed by atoms with Crippen molar-refractivity contribution >= 4 is 0 Å². The summed E-state index contributed by atoms with van der Waals surface area (Å²) in [4.78, 5) is 0. The van der Waals surface area contributed by atoms with Crippen LogP contribution in [0.25, 0.3) is 0 Å². The Morgan fingerprint density at radius 2 is 2.00 bits per heavy atom. The van der Waals surface area contributed by atoms with Gasteiger partial charge in [-0.2, -0.15) is 0 Å². The van der Waals surface area contributed by atoms with Crippen LogP contribution in [0.1, 0.15) is 24.5 Å². The molecule has 0 spiro atoms. The van der Waals surface area contributed by atoms with Crippen molar-refractivity contribution in [3.63, 3.8) is 0 Å². The predicted octanol–water partition coefficient (Wildman–Crippen LogP) is 1.90. The molecule has 1 unspecified atom stereocenters. The summed E-state index contributed by atoms with van der Waals surface area (Å²) in [6.07, 6.45) is 2.93. The Morgan fingerprint density at radius 1 is 1.26 bits per heavy atom. The van der Waals surface area contributed by atoms with Crippen LogP contribution < -0.4 is 10.1 Å². The Balaban J connectivity index is 1.63. The van der Waals surface area contributed by atoms with Gasteiger partial charge in [0.05, 0.1) is 26.4 Å². The van der Waals surface area contributed by atoms with Gasteiger partial charge in [-0.3, -0.25) is 0 Å². The molecular weight excluding hydrogens is 242 g/mol. The van der Waals surface area contributed by atoms with Crippen LogP contribution in [0, 0.1) is 0 Å². The average Bonchev–Trinajstić information content (AvgIpc) is 3.21. The van der Waals surface area contributed by atoms with Crippen molar-refractivity contribution in [3.05, 3.63) is 29.8 Å². The van der Waals surface area contributed by atoms with E-state index >= 15 is 0 Å². The number of ether oxygens (including phenoxy) is 3. The van der Waals surface area contributed by atoms with Gasteiger partial charge in [0.25, 0.3) is 0 Å². The van der Waals surface area contributed by atoms with Crippen molar-refractivity contribution in [1.82, 2.24) is 5.32 Å². The van der Waals surface area contributed by atoms with Crippen LogP contribution in [0.2, 0.25) is 0 Å². The minimum Gasteiger partial charge on any atom is -0.497 e. The van der Waals surface area contributed by atoms with Crippen molar-refractivity contribution in [3.8, 4) is 5.75 Å². The number of rotatable bonds is 7. The van der Waals surface area contributed by atoms with Crippen molar-refractivity contribution in [2.45, 2.75) is 31.1 Å². The lowest BCUT2D eigenvalue weighted by Gasteiger charge is -2.31. The van der Waals surface area contributed by atoms with E-state index in [4.69, 9.17) is 14.2 Å². The molecule has 4 heteroatoms. The highest BCUT2D eigenvalue weighted by Crippen LogP contribution is 2.25. The van der Waals surface area contributed by atoms with E-state index in [1.54, 1.807) is 7.11 Å². The lowest BCUT2D eigenvalue weighted by Crippen LogP contribution is -2.39. The summed E-state index contributed by atoms with van der Waals surface area (Å²) in [6.45, 7) is 2.31. The lowest BCUT2D eigenvalue weighted by atomic mass is 10.1. The maximum absolute atomic E-state index is 6.10. The highest BCUT2D eigenvalue weighted by atomic mass is 16.6. The van der Waals surface area contributed by atoms with Crippen LogP contribution in [-0.2, 0) is 9.47 Å². The van der Waals surface area contributed by atoms with Crippen LogP contribution in [0.5, 0.6) is 5.75 Å². The zero-order valence-corrected chi connectivity index (χ0v) is 11.3. The molecule has 1 aliphatic heterocycles. The van der Waals surface area contributed by atoms with E-state index in [1.807, 2.05) is 12.1 Å². The molecule has 4 nitrogen and oxygen atoms in total. The number of methoxy groups -OCH3 is 1. The zero-order chi connectivity index (χ0) is 13.1. The molecule has 1 aromatic rings. The minimum atomic E-state index is 0.0976. The predicted molar refractivity (Wildman–Crippen MR) is 72.5 cm³/mol. The Labute approximate surface area is 114 Å². The van der Waals surface area contributed by atoms with Gasteiger partial charge >= 0.3 is 0 Å². The van der Waals surface area contributed by atoms with Gasteiger partial charge in [-0.05, 0) is 30.5 Å². The standard InChI is InChI=1S/C15H21NO3/c1-17-13-6-2-11(3-7-13)15(8-16-12-4-5-12)19-14-9-18-10-14/h2-3,6-7,12,14-16H,4-5,8-10H2,1H3. The average molecular weight is 263 g/mol. The van der Waals surface area contributed by atoms with Gasteiger partial charge in [-0.25, -0.2) is 0 Å². The van der Waals surface area contributed by atoms with E-state index in [1.165, 1.54) is 18.4 Å². The SMILES string of the molecule is COc1ccc(C(CNC2CC2)OC2COC2)cc1. The molecule has 1 N–H and O–H groups in total. The third-order valence-corrected chi connectivity index (χ3v) is 3.62. The summed E-state index contributed by atoms with van der Waals surface area (Å²) < 4.78 is 16.5. The largest absolute Gasteiger partial charge is 0.497 e. The summed E-state index contributed by atoms with van der Waals surface area (Å²) >= 11 is 0. The van der Waals surface area contributed by atoms with Crippen molar-refractivity contribution < 1.29 is 14.2 Å². The van der Waals surface area contributed by atoms with E-state index in [0.717, 1.165) is 25.5 Å². The molecular formula is C15H21NO3. The maximum atomic E-state index is 6.10. The Kier molecular flexibility index (Phi) is 4.01. The Hall–Kier alpha value is -1.10. The first kappa shape index (κ1) is 12.9. The molecule has 1 saturated heterocycles. The van der Waals surface area contributed by atoms with Crippen LogP contribution in [0.4, 0.5) is 0 Å². The van der Waals surface area contributed by atoms with Gasteiger partial charge in [0.2, 0.25) is 0 Å². The van der Waals surface area contributed by atoms with E-state index in [2.05, 4.69) is 17.4 Å². The summed E-state index contributed by atoms with van der Waals surface area (Å²) in [7, 11) is 1.68. The molecule has 1 saturated carbocycles. The normalized spacial score (nSPS) is 20.9. The van der Waals surface area contributed by atoms with Crippen LogP contribution in [0.15, 0.2) is 24.3 Å². The number of hydrogen-bond acceptors (Lipinski definition) is 4. The maximum Gasteiger partial charge on any atom is 0.118 e. The van der Waals surface area contributed by atoms with Gasteiger partial charge < -0.3 is 19.5 Å². The molecule has 1 heterocycles. The topological polar surface area (TPSA) is 39.7 Å². The lowest BCUT2D eigenvalue weighted by molar-refractivity contribution is -0.155. The number of benzene rings is 1. The fourth-order valence-electron chi connectivity index (χ4n) is 2.15. The fourth-order valence-corrected chi connectivity index (χ4v) is 2.15. The van der Waals surface area contributed by atoms with Gasteiger partial charge in [0.1, 0.15) is 11.9 Å². The highest BCUT2D eigenvalue weighted by molar-refractivity contribution is 5.28. The van der Waals surface area contributed by atoms with E-state index in [0.29, 0.717) is 6.04 Å². The third-order valence-electron chi connectivity index (χ3n) is 3.62. The fraction of sp³-hybridized carbons (Fsp3) is 0.600. The van der Waals surface area contributed by atoms with Crippen LogP contribution >= 0.6 is 0 Å². The second kappa shape index (κ2) is 5.90. The summed E-state index contributed by atoms with van der Waals surface area (Å²) in [5.74, 6) is 0.879. The summed E-state index contributed by atoms with van der Waals surface area (Å²) in [6, 6.07) is 8.83. The quantitative estimate of drug-likeness (QED) is 0.815. The van der Waals surface area contributed by atoms with E-state index in [-0.39, 0.29) is 12.2 Å². The number of hydrogen-bond donors (Lipinski definition) is 1. The molecule has 3 rings (SSSR count). The van der Waals surface area contributed by atoms with Crippen molar-refractivity contribution in [2.24, 2.45) is 0 Å². The molecule has 1 aliphatic carbocycles. The highest BCUT2D eigenvalue weighted by Gasteiger charge is 2.27. The van der Waals surface area contributed by atoms with Crippen molar-refractivity contribution in [2.75, 3.05) is 26.9 Å². The molecule has 0 aromatic heterocycles. The van der Waals surface area contributed by atoms with E-state index in [9.17, 15) is 0 Å². The Bertz CT molecular complexity index is 398. The van der Waals surface area contributed by atoms with Gasteiger partial charge in [0, 0.05) is 12.6 Å². The molecule has 104 valence electrons. The summed E-state index contributed by atoms with van der Waals surface area (Å²) in [5.41, 5.74) is 1.20. The van der Waals surface area contributed by atoms with Gasteiger partial charge in [-0.15, -0.1) is 0 Å². The molecule has 19 heavy (non-hydrogen) atoms. The van der Waals surface area contributed by atoms with E-state index < -0.39 is 0 Å². The molecule has 1 atom stereocenters. The molecule has 2 aliphatic rings. The summed E-state index contributed by atoms with van der Waals surface area (Å²) in [5, 5.41) is 3.54. The molecule has 0 radical (unpaired) electrons. The monoisotopic (exact) mass is 263 g/mol. The third kappa shape index (κ3) is 3.47. The smallest absolute Gasteiger partial charge is 0.118 e. The molecule has 2 fully saturated rings. The van der Waals surface area contributed by atoms with Gasteiger partial charge in [-0.1, -0.05) is 12.1 Å². The first-order chi connectivity index (χ1) is 9.35.